The third-order valence-corrected chi connectivity index (χ3v) is 40.5. The number of hydrogen-bond donors (Lipinski definition) is 0. The van der Waals surface area contributed by atoms with Gasteiger partial charge in [0.25, 0.3) is 13.4 Å². The van der Waals surface area contributed by atoms with Crippen molar-refractivity contribution < 1.29 is 8.83 Å². The second-order valence-electron chi connectivity index (χ2n) is 54.9. The van der Waals surface area contributed by atoms with Crippen molar-refractivity contribution in [2.45, 2.75) is 388 Å². The number of rotatable bonds is 3. The van der Waals surface area contributed by atoms with Crippen LogP contribution in [-0.2, 0) is 60.6 Å². The van der Waals surface area contributed by atoms with Crippen molar-refractivity contribution in [1.82, 2.24) is 0 Å². The van der Waals surface area contributed by atoms with Gasteiger partial charge in [0.2, 0.25) is 0 Å². The highest BCUT2D eigenvalue weighted by molar-refractivity contribution is 7.01. The first-order valence-corrected chi connectivity index (χ1v) is 55.4. The zero-order valence-corrected chi connectivity index (χ0v) is 92.7. The van der Waals surface area contributed by atoms with Gasteiger partial charge < -0.3 is 33.3 Å². The van der Waals surface area contributed by atoms with Crippen molar-refractivity contribution in [2.75, 3.05) is 24.5 Å². The zero-order chi connectivity index (χ0) is 101. The lowest BCUT2D eigenvalue weighted by Crippen LogP contribution is -2.64. The molecule has 12 aliphatic rings. The van der Waals surface area contributed by atoms with Gasteiger partial charge in [-0.15, -0.1) is 0 Å². The van der Waals surface area contributed by atoms with Gasteiger partial charge in [0.1, 0.15) is 11.2 Å². The van der Waals surface area contributed by atoms with Crippen molar-refractivity contribution in [3.05, 3.63) is 270 Å². The SMILES string of the molecule is CC(C)(C)c1ccc2c(c1)C1(C)CCCCC1(C)C2.Cc1cc(C(C)(C)C)cc(C)c1N1c2cc(Cl)cc3c2B(c2cc(C(C)(C)C)cc4c2N3C2(C)CCCCC42C)c2ccc3c(oc4ccccc43)c21.Cc1cc(C(C)(C)C)cc(C)c1N1c2cc(N3c4ccc(C(C)(C)C)cc4C4(C)CCCCC34C)cc3c2B(c2cc(C(C)(C)C)cc4c2N3C2(C)CCCCC42C)c2ccc3c(oc4ccccc43)c21. The van der Waals surface area contributed by atoms with Crippen LogP contribution in [0.5, 0.6) is 0 Å². The van der Waals surface area contributed by atoms with Crippen LogP contribution in [0.15, 0.2) is 191 Å². The molecular weight excluding hydrogens is 1760 g/mol. The number of hydrogen-bond acceptors (Lipinski definition) is 7. The van der Waals surface area contributed by atoms with Crippen LogP contribution in [0.25, 0.3) is 43.9 Å². The molecule has 0 N–H and O–H groups in total. The number of fused-ring (bicyclic) bond motifs is 28. The summed E-state index contributed by atoms with van der Waals surface area (Å²) < 4.78 is 14.3. The summed E-state index contributed by atoms with van der Waals surface area (Å²) >= 11 is 7.39. The summed E-state index contributed by atoms with van der Waals surface area (Å²) in [6.07, 6.45) is 21.5. The molecule has 14 aromatic rings. The van der Waals surface area contributed by atoms with Gasteiger partial charge in [-0.05, 0) is 308 Å². The van der Waals surface area contributed by atoms with Gasteiger partial charge in [-0.2, -0.15) is 0 Å². The van der Waals surface area contributed by atoms with Gasteiger partial charge in [-0.1, -0.05) is 362 Å². The molecule has 736 valence electrons. The lowest BCUT2D eigenvalue weighted by atomic mass is 9.33. The summed E-state index contributed by atoms with van der Waals surface area (Å²) in [5.74, 6) is 0. The minimum Gasteiger partial charge on any atom is -0.454 e. The zero-order valence-electron chi connectivity index (χ0n) is 91.9. The third kappa shape index (κ3) is 13.1. The largest absolute Gasteiger partial charge is 0.454 e. The van der Waals surface area contributed by atoms with Crippen molar-refractivity contribution in [2.24, 2.45) is 5.41 Å². The number of furan rings is 2. The Bertz CT molecular complexity index is 7760. The number of benzene rings is 12. The summed E-state index contributed by atoms with van der Waals surface area (Å²) in [4.78, 5) is 13.9. The molecule has 0 amide bonds. The molecule has 10 heteroatoms. The molecular formula is C133H154B2ClN5O2. The van der Waals surface area contributed by atoms with Crippen molar-refractivity contribution in [3.63, 3.8) is 0 Å². The quantitative estimate of drug-likeness (QED) is 0.163. The molecule has 0 radical (unpaired) electrons. The Morgan fingerprint density at radius 2 is 0.636 bits per heavy atom. The first kappa shape index (κ1) is 94.9. The number of nitrogens with zero attached hydrogens (tertiary/aromatic N) is 5. The fourth-order valence-corrected chi connectivity index (χ4v) is 31.3. The average Bonchev–Trinajstić information content (AvgIpc) is 1.50. The summed E-state index contributed by atoms with van der Waals surface area (Å²) in [6, 6.07) is 71.8. The van der Waals surface area contributed by atoms with Crippen molar-refractivity contribution >= 4 is 170 Å². The first-order chi connectivity index (χ1) is 67.2. The normalized spacial score (nSPS) is 25.1. The molecule has 4 fully saturated rings. The van der Waals surface area contributed by atoms with Gasteiger partial charge in [-0.25, -0.2) is 0 Å². The molecule has 0 saturated heterocycles. The maximum absolute atomic E-state index is 7.39. The Balaban J connectivity index is 0.000000134. The van der Waals surface area contributed by atoms with E-state index in [0.717, 1.165) is 68.8 Å². The Kier molecular flexibility index (Phi) is 20.5. The summed E-state index contributed by atoms with van der Waals surface area (Å²) in [6.45, 7) is 72.5. The van der Waals surface area contributed by atoms with E-state index < -0.39 is 0 Å². The summed E-state index contributed by atoms with van der Waals surface area (Å²) in [7, 11) is 0. The maximum Gasteiger partial charge on any atom is 0.252 e. The van der Waals surface area contributed by atoms with Crippen LogP contribution in [-0.4, -0.2) is 30.0 Å². The number of anilines is 12. The molecule has 9 heterocycles. The lowest BCUT2D eigenvalue weighted by molar-refractivity contribution is 0.109. The average molecular weight is 1910 g/mol. The predicted molar refractivity (Wildman–Crippen MR) is 615 cm³/mol. The Morgan fingerprint density at radius 3 is 1.08 bits per heavy atom. The number of halogens is 1. The summed E-state index contributed by atoms with van der Waals surface area (Å²) in [5.41, 5.74) is 50.0. The van der Waals surface area contributed by atoms with Crippen LogP contribution < -0.4 is 57.3 Å². The minimum absolute atomic E-state index is 0.00126. The second kappa shape index (κ2) is 30.9. The fourth-order valence-electron chi connectivity index (χ4n) is 31.1. The fraction of sp³-hybridized carbons (Fsp3) is 0.459. The topological polar surface area (TPSA) is 42.5 Å². The van der Waals surface area contributed by atoms with Gasteiger partial charge in [-0.3, -0.25) is 0 Å². The smallest absolute Gasteiger partial charge is 0.252 e. The van der Waals surface area contributed by atoms with E-state index in [0.29, 0.717) is 10.8 Å². The van der Waals surface area contributed by atoms with E-state index in [9.17, 15) is 0 Å². The molecule has 8 atom stereocenters. The third-order valence-electron chi connectivity index (χ3n) is 40.3. The lowest BCUT2D eigenvalue weighted by Gasteiger charge is -2.54. The Morgan fingerprint density at radius 1 is 0.287 bits per heavy atom. The second-order valence-corrected chi connectivity index (χ2v) is 55.4. The van der Waals surface area contributed by atoms with Gasteiger partial charge in [0.15, 0.2) is 11.2 Å². The van der Waals surface area contributed by atoms with Crippen LogP contribution in [0.1, 0.15) is 366 Å². The molecule has 0 bridgehead atoms. The molecule has 26 rings (SSSR count). The molecule has 7 aliphatic heterocycles. The van der Waals surface area contributed by atoms with Gasteiger partial charge in [0.05, 0.1) is 39.4 Å². The van der Waals surface area contributed by atoms with E-state index in [4.69, 9.17) is 20.4 Å². The van der Waals surface area contributed by atoms with E-state index in [1.807, 2.05) is 0 Å². The molecule has 5 aliphatic carbocycles. The van der Waals surface area contributed by atoms with Gasteiger partial charge in [0, 0.05) is 88.3 Å². The van der Waals surface area contributed by atoms with Crippen LogP contribution in [0.2, 0.25) is 5.02 Å². The minimum atomic E-state index is -0.123. The van der Waals surface area contributed by atoms with Crippen molar-refractivity contribution in [1.29, 1.82) is 0 Å². The van der Waals surface area contributed by atoms with Crippen LogP contribution in [0.3, 0.4) is 0 Å². The monoisotopic (exact) mass is 1910 g/mol. The molecule has 4 saturated carbocycles. The maximum atomic E-state index is 7.39. The molecule has 7 nitrogen and oxygen atoms in total. The van der Waals surface area contributed by atoms with Crippen LogP contribution in [0, 0.1) is 33.1 Å². The van der Waals surface area contributed by atoms with E-state index in [-0.39, 0.29) is 78.8 Å². The van der Waals surface area contributed by atoms with E-state index >= 15 is 0 Å². The standard InChI is InChI=1S/C66H76BN3O.C48H50BClN2O.C19H28/c1-39-32-42(61(6,7)8)33-40(2)56(39)68-52-37-44(69-51-27-24-41(60(3,4)5)34-47(51)63(12)28-18-20-30-65(63,69)14)38-53-55(52)67(49-26-25-46-45-22-16-17-23-54(45)71-59(46)58(49)68)50-36-43(62(9,10)11)35-48-57(50)70(53)66(15)31-21-19-29-64(48,66)13;1-27-21-29(45(3,4)5)22-28(2)41(27)51-37-25-31(50)26-38-40(37)49(35-18-17-33-32-15-11-12-16-39(32)53-44(33)43(35)51)36-24-30(46(6,7)8)23-34-42(36)52(38)48(10)20-14-13-19-47(34,48)9;1-17(2,3)15-9-8-14-13-18(4)10-6-7-11-19(18,5)16(14)12-15/h16-17,22-27,32-38H,18-21,28-31H2,1-15H3;11-12,15-18,21-26H,13-14,19-20H2,1-10H3;8-9,12H,6-7,10-11,13H2,1-5H3. The highest BCUT2D eigenvalue weighted by Gasteiger charge is 2.66. The number of para-hydroxylation sites is 2. The molecule has 12 aromatic carbocycles. The van der Waals surface area contributed by atoms with E-state index in [1.165, 1.54) is 257 Å². The van der Waals surface area contributed by atoms with Crippen LogP contribution >= 0.6 is 11.6 Å². The number of aryl methyl sites for hydroxylation is 4. The molecule has 143 heavy (non-hydrogen) atoms. The summed E-state index contributed by atoms with van der Waals surface area (Å²) in [5, 5.41) is 5.42. The highest BCUT2D eigenvalue weighted by atomic mass is 35.5. The molecule has 0 spiro atoms. The van der Waals surface area contributed by atoms with Gasteiger partial charge >= 0.3 is 0 Å². The van der Waals surface area contributed by atoms with Crippen molar-refractivity contribution in [3.8, 4) is 0 Å². The Labute approximate surface area is 860 Å². The highest BCUT2D eigenvalue weighted by Crippen LogP contribution is 2.69. The van der Waals surface area contributed by atoms with E-state index in [2.05, 4.69) is 414 Å². The Hall–Kier alpha value is -10.3. The predicted octanol–water partition coefficient (Wildman–Crippen LogP) is 33.4. The first-order valence-electron chi connectivity index (χ1n) is 55.0. The van der Waals surface area contributed by atoms with Crippen LogP contribution in [0.4, 0.5) is 68.2 Å². The molecule has 2 aromatic heterocycles. The van der Waals surface area contributed by atoms with E-state index in [1.54, 1.807) is 16.7 Å². The molecule has 8 unspecified atom stereocenters.